The van der Waals surface area contributed by atoms with Crippen LogP contribution in [0.15, 0.2) is 30.3 Å². The second-order valence-electron chi connectivity index (χ2n) is 6.24. The Morgan fingerprint density at radius 3 is 2.00 bits per heavy atom. The van der Waals surface area contributed by atoms with Crippen LogP contribution in [0.5, 0.6) is 0 Å². The summed E-state index contributed by atoms with van der Waals surface area (Å²) in [5.41, 5.74) is 0. The number of aliphatic hydroxyl groups excluding tert-OH is 1. The van der Waals surface area contributed by atoms with Gasteiger partial charge in [-0.15, -0.1) is 0 Å². The quantitative estimate of drug-likeness (QED) is 0.379. The van der Waals surface area contributed by atoms with Crippen LogP contribution in [0.4, 0.5) is 0 Å². The van der Waals surface area contributed by atoms with Crippen molar-refractivity contribution in [1.82, 2.24) is 0 Å². The predicted molar refractivity (Wildman–Crippen MR) is 99.1 cm³/mol. The van der Waals surface area contributed by atoms with Gasteiger partial charge in [0.05, 0.1) is 0 Å². The molecule has 0 bridgehead atoms. The molecule has 1 N–H and O–H groups in total. The predicted octanol–water partition coefficient (Wildman–Crippen LogP) is 5.11. The van der Waals surface area contributed by atoms with Crippen molar-refractivity contribution in [2.75, 3.05) is 0 Å². The molecule has 2 atom stereocenters. The average molecular weight is 369 g/mol. The molecule has 0 radical (unpaired) electrons. The molecule has 0 aliphatic heterocycles. The Bertz CT molecular complexity index is 352. The van der Waals surface area contributed by atoms with E-state index in [-0.39, 0.29) is 6.10 Å². The second kappa shape index (κ2) is 13.2. The van der Waals surface area contributed by atoms with Crippen molar-refractivity contribution >= 4 is 19.4 Å². The first kappa shape index (κ1) is 19.7. The summed E-state index contributed by atoms with van der Waals surface area (Å²) in [5, 5.41) is 10.6. The Hall–Kier alpha value is -0.301. The first-order valence-corrected chi connectivity index (χ1v) is 11.0. The van der Waals surface area contributed by atoms with Gasteiger partial charge in [0.1, 0.15) is 0 Å². The van der Waals surface area contributed by atoms with Gasteiger partial charge in [0.2, 0.25) is 0 Å². The molecule has 0 aliphatic carbocycles. The molecule has 0 aliphatic rings. The van der Waals surface area contributed by atoms with Crippen LogP contribution in [0.2, 0.25) is 4.82 Å². The molecular formula is C20H34OSe. The van der Waals surface area contributed by atoms with E-state index in [9.17, 15) is 5.11 Å². The zero-order chi connectivity index (χ0) is 16.0. The molecule has 0 saturated carbocycles. The van der Waals surface area contributed by atoms with Gasteiger partial charge in [-0.25, -0.2) is 0 Å². The SMILES string of the molecule is CCCCCCC(O)C(CCCCCC)[Se]c1ccccc1. The molecule has 0 spiro atoms. The Morgan fingerprint density at radius 2 is 1.41 bits per heavy atom. The second-order valence-corrected chi connectivity index (χ2v) is 8.99. The molecule has 0 heterocycles. The molecule has 1 rings (SSSR count). The first-order valence-electron chi connectivity index (χ1n) is 9.17. The maximum absolute atomic E-state index is 10.6. The average Bonchev–Trinajstić information content (AvgIpc) is 2.55. The van der Waals surface area contributed by atoms with E-state index >= 15 is 0 Å². The van der Waals surface area contributed by atoms with Crippen LogP contribution < -0.4 is 4.46 Å². The molecule has 2 unspecified atom stereocenters. The van der Waals surface area contributed by atoms with E-state index in [4.69, 9.17) is 0 Å². The fraction of sp³-hybridized carbons (Fsp3) is 0.700. The van der Waals surface area contributed by atoms with Crippen molar-refractivity contribution in [3.05, 3.63) is 30.3 Å². The van der Waals surface area contributed by atoms with Gasteiger partial charge in [0.25, 0.3) is 0 Å². The number of aliphatic hydroxyl groups is 1. The fourth-order valence-electron chi connectivity index (χ4n) is 2.74. The van der Waals surface area contributed by atoms with E-state index in [0.29, 0.717) is 19.8 Å². The molecule has 1 aromatic rings. The summed E-state index contributed by atoms with van der Waals surface area (Å²) in [6.45, 7) is 4.50. The van der Waals surface area contributed by atoms with Crippen LogP contribution in [-0.2, 0) is 0 Å². The number of benzene rings is 1. The normalized spacial score (nSPS) is 14.0. The zero-order valence-corrected chi connectivity index (χ0v) is 16.2. The molecule has 0 saturated heterocycles. The number of hydrogen-bond donors (Lipinski definition) is 1. The number of hydrogen-bond acceptors (Lipinski definition) is 1. The summed E-state index contributed by atoms with van der Waals surface area (Å²) in [6, 6.07) is 10.8. The van der Waals surface area contributed by atoms with Crippen molar-refractivity contribution in [2.45, 2.75) is 89.0 Å². The van der Waals surface area contributed by atoms with Gasteiger partial charge in [-0.1, -0.05) is 0 Å². The zero-order valence-electron chi connectivity index (χ0n) is 14.5. The molecule has 0 aromatic heterocycles. The summed E-state index contributed by atoms with van der Waals surface area (Å²) >= 11 is 0.400. The van der Waals surface area contributed by atoms with Crippen LogP contribution in [-0.4, -0.2) is 26.2 Å². The van der Waals surface area contributed by atoms with E-state index in [2.05, 4.69) is 44.2 Å². The van der Waals surface area contributed by atoms with Gasteiger partial charge in [-0.05, 0) is 0 Å². The van der Waals surface area contributed by atoms with Gasteiger partial charge in [0, 0.05) is 0 Å². The molecule has 1 aromatic carbocycles. The summed E-state index contributed by atoms with van der Waals surface area (Å²) in [6.07, 6.45) is 12.3. The van der Waals surface area contributed by atoms with E-state index in [1.807, 2.05) is 0 Å². The third-order valence-corrected chi connectivity index (χ3v) is 7.09. The van der Waals surface area contributed by atoms with Crippen LogP contribution in [0.25, 0.3) is 0 Å². The van der Waals surface area contributed by atoms with E-state index in [0.717, 1.165) is 6.42 Å². The minimum atomic E-state index is -0.0984. The standard InChI is InChI=1S/C20H34OSe/c1-3-5-7-12-16-19(21)20(17-13-8-6-4-2)22-18-14-10-9-11-15-18/h9-11,14-15,19-21H,3-8,12-13,16-17H2,1-2H3. The van der Waals surface area contributed by atoms with Crippen molar-refractivity contribution in [2.24, 2.45) is 0 Å². The van der Waals surface area contributed by atoms with Crippen LogP contribution in [0, 0.1) is 0 Å². The molecule has 1 nitrogen and oxygen atoms in total. The van der Waals surface area contributed by atoms with Gasteiger partial charge in [-0.3, -0.25) is 0 Å². The summed E-state index contributed by atoms with van der Waals surface area (Å²) in [4.78, 5) is 0.494. The van der Waals surface area contributed by atoms with Gasteiger partial charge in [-0.2, -0.15) is 0 Å². The summed E-state index contributed by atoms with van der Waals surface area (Å²) < 4.78 is 1.43. The van der Waals surface area contributed by atoms with E-state index in [1.165, 1.54) is 62.2 Å². The monoisotopic (exact) mass is 370 g/mol. The molecule has 0 fully saturated rings. The number of unbranched alkanes of at least 4 members (excludes halogenated alkanes) is 6. The molecule has 22 heavy (non-hydrogen) atoms. The van der Waals surface area contributed by atoms with Crippen molar-refractivity contribution in [1.29, 1.82) is 0 Å². The van der Waals surface area contributed by atoms with E-state index < -0.39 is 0 Å². The third-order valence-electron chi connectivity index (χ3n) is 4.16. The van der Waals surface area contributed by atoms with Crippen molar-refractivity contribution in [3.8, 4) is 0 Å². The van der Waals surface area contributed by atoms with Crippen LogP contribution in [0.3, 0.4) is 0 Å². The van der Waals surface area contributed by atoms with Crippen LogP contribution >= 0.6 is 0 Å². The maximum atomic E-state index is 10.6. The molecule has 0 amide bonds. The minimum absolute atomic E-state index is 0.0984. The Balaban J connectivity index is 2.45. The molecule has 126 valence electrons. The Labute approximate surface area is 144 Å². The molecular weight excluding hydrogens is 335 g/mol. The summed E-state index contributed by atoms with van der Waals surface area (Å²) in [5.74, 6) is 0. The van der Waals surface area contributed by atoms with E-state index in [1.54, 1.807) is 0 Å². The van der Waals surface area contributed by atoms with Gasteiger partial charge >= 0.3 is 144 Å². The van der Waals surface area contributed by atoms with Gasteiger partial charge in [0.15, 0.2) is 0 Å². The summed E-state index contributed by atoms with van der Waals surface area (Å²) in [7, 11) is 0. The number of rotatable bonds is 13. The fourth-order valence-corrected chi connectivity index (χ4v) is 5.35. The topological polar surface area (TPSA) is 20.2 Å². The van der Waals surface area contributed by atoms with Gasteiger partial charge < -0.3 is 0 Å². The third kappa shape index (κ3) is 8.98. The molecule has 2 heteroatoms. The Morgan fingerprint density at radius 1 is 0.818 bits per heavy atom. The Kier molecular flexibility index (Phi) is 11.8. The van der Waals surface area contributed by atoms with Crippen molar-refractivity contribution in [3.63, 3.8) is 0 Å². The van der Waals surface area contributed by atoms with Crippen molar-refractivity contribution < 1.29 is 5.11 Å². The van der Waals surface area contributed by atoms with Crippen LogP contribution in [0.1, 0.15) is 78.1 Å². The first-order chi connectivity index (χ1) is 10.8.